The Labute approximate surface area is 412 Å². The lowest BCUT2D eigenvalue weighted by Crippen LogP contribution is -2.30. The fourth-order valence-corrected chi connectivity index (χ4v) is 7.14. The highest BCUT2D eigenvalue weighted by molar-refractivity contribution is 5.71. The van der Waals surface area contributed by atoms with Crippen LogP contribution in [0.25, 0.3) is 0 Å². The normalized spacial score (nSPS) is 12.9. The number of ether oxygens (including phenoxy) is 3. The smallest absolute Gasteiger partial charge is 0.306 e. The summed E-state index contributed by atoms with van der Waals surface area (Å²) < 4.78 is 16.7. The summed E-state index contributed by atoms with van der Waals surface area (Å²) in [7, 11) is 0. The number of rotatable bonds is 48. The van der Waals surface area contributed by atoms with Gasteiger partial charge in [-0.05, 0) is 103 Å². The molecule has 0 N–H and O–H groups in total. The van der Waals surface area contributed by atoms with Crippen LogP contribution < -0.4 is 0 Å². The molecule has 0 saturated carbocycles. The molecule has 0 heterocycles. The van der Waals surface area contributed by atoms with E-state index in [2.05, 4.69) is 130 Å². The summed E-state index contributed by atoms with van der Waals surface area (Å²) in [4.78, 5) is 37.9. The van der Waals surface area contributed by atoms with Gasteiger partial charge in [0.15, 0.2) is 6.10 Å². The van der Waals surface area contributed by atoms with Gasteiger partial charge in [0.05, 0.1) is 0 Å². The minimum atomic E-state index is -0.792. The van der Waals surface area contributed by atoms with Crippen LogP contribution in [0, 0.1) is 0 Å². The summed E-state index contributed by atoms with van der Waals surface area (Å²) in [5.74, 6) is -0.933. The Morgan fingerprint density at radius 3 is 0.955 bits per heavy atom. The van der Waals surface area contributed by atoms with Crippen LogP contribution in [0.3, 0.4) is 0 Å². The molecule has 0 rings (SSSR count). The van der Waals surface area contributed by atoms with Crippen LogP contribution >= 0.6 is 0 Å². The Bertz CT molecular complexity index is 1390. The number of carbonyl (C=O) groups excluding carboxylic acids is 3. The SMILES string of the molecule is CC/C=C\C/C=C\C/C=C\C/C=C\C/C=C\C/C=C\C/C=C\CCCCCCCC(=O)OCC(COC(=O)CCCCCCCCCC)OC(=O)CCCCCCC/C=C\C/C=C\CCCC. The molecule has 0 aliphatic rings. The van der Waals surface area contributed by atoms with Crippen molar-refractivity contribution in [2.75, 3.05) is 13.2 Å². The summed E-state index contributed by atoms with van der Waals surface area (Å²) in [6.45, 7) is 6.41. The van der Waals surface area contributed by atoms with Gasteiger partial charge in [-0.3, -0.25) is 14.4 Å². The van der Waals surface area contributed by atoms with E-state index < -0.39 is 6.10 Å². The molecule has 1 unspecified atom stereocenters. The molecular weight excluding hydrogens is 829 g/mol. The monoisotopic (exact) mass is 929 g/mol. The molecule has 0 aromatic heterocycles. The van der Waals surface area contributed by atoms with Crippen molar-refractivity contribution in [3.8, 4) is 0 Å². The minimum absolute atomic E-state index is 0.0905. The van der Waals surface area contributed by atoms with Gasteiger partial charge in [0.1, 0.15) is 13.2 Å². The molecule has 0 aliphatic carbocycles. The van der Waals surface area contributed by atoms with Crippen LogP contribution in [0.15, 0.2) is 109 Å². The topological polar surface area (TPSA) is 78.9 Å². The summed E-state index contributed by atoms with van der Waals surface area (Å²) in [6.07, 6.45) is 73.7. The van der Waals surface area contributed by atoms with E-state index >= 15 is 0 Å². The van der Waals surface area contributed by atoms with Crippen LogP contribution in [0.1, 0.15) is 239 Å². The standard InChI is InChI=1S/C61H100O6/c1-4-7-10-13-16-19-21-23-25-26-27-28-29-30-31-32-33-34-35-36-37-39-40-42-45-48-51-54-60(63)66-57-58(56-65-59(62)53-50-47-44-18-15-12-9-6-3)67-61(64)55-52-49-46-43-41-38-24-22-20-17-14-11-8-5-2/h7,10,14,16-17,19,22-25,27-28,30-31,33-34,36-37,58H,4-6,8-9,11-13,15,18,20-21,26,29,32,35,38-57H2,1-3H3/b10-7-,17-14-,19-16-,24-22-,25-23-,28-27-,31-30-,34-33-,37-36-. The lowest BCUT2D eigenvalue weighted by atomic mass is 10.1. The molecule has 0 aromatic carbocycles. The van der Waals surface area contributed by atoms with Crippen LogP contribution in [0.4, 0.5) is 0 Å². The van der Waals surface area contributed by atoms with Crippen LogP contribution in [0.2, 0.25) is 0 Å². The van der Waals surface area contributed by atoms with Crippen molar-refractivity contribution in [3.63, 3.8) is 0 Å². The minimum Gasteiger partial charge on any atom is -0.462 e. The Kier molecular flexibility index (Phi) is 51.5. The molecule has 380 valence electrons. The summed E-state index contributed by atoms with van der Waals surface area (Å²) in [5, 5.41) is 0. The van der Waals surface area contributed by atoms with E-state index in [-0.39, 0.29) is 31.1 Å². The number of carbonyl (C=O) groups is 3. The van der Waals surface area contributed by atoms with Gasteiger partial charge in [0, 0.05) is 19.3 Å². The first-order chi connectivity index (χ1) is 33.0. The number of hydrogen-bond donors (Lipinski definition) is 0. The second-order valence-corrected chi connectivity index (χ2v) is 17.8. The highest BCUT2D eigenvalue weighted by atomic mass is 16.6. The number of unbranched alkanes of at least 4 members (excludes halogenated alkanes) is 19. The average molecular weight is 929 g/mol. The van der Waals surface area contributed by atoms with Crippen molar-refractivity contribution >= 4 is 17.9 Å². The van der Waals surface area contributed by atoms with E-state index in [9.17, 15) is 14.4 Å². The maximum atomic E-state index is 12.8. The zero-order chi connectivity index (χ0) is 48.6. The molecule has 0 radical (unpaired) electrons. The molecule has 6 heteroatoms. The van der Waals surface area contributed by atoms with E-state index in [4.69, 9.17) is 14.2 Å². The highest BCUT2D eigenvalue weighted by Crippen LogP contribution is 2.13. The van der Waals surface area contributed by atoms with E-state index in [0.717, 1.165) is 148 Å². The second kappa shape index (κ2) is 54.7. The van der Waals surface area contributed by atoms with E-state index in [1.807, 2.05) is 0 Å². The molecule has 6 nitrogen and oxygen atoms in total. The average Bonchev–Trinajstić information content (AvgIpc) is 3.33. The quantitative estimate of drug-likeness (QED) is 0.0262. The first-order valence-corrected chi connectivity index (χ1v) is 27.4. The third kappa shape index (κ3) is 52.9. The van der Waals surface area contributed by atoms with Crippen LogP contribution in [0.5, 0.6) is 0 Å². The molecule has 0 aromatic rings. The zero-order valence-electron chi connectivity index (χ0n) is 43.4. The van der Waals surface area contributed by atoms with Crippen molar-refractivity contribution in [2.24, 2.45) is 0 Å². The molecule has 1 atom stereocenters. The largest absolute Gasteiger partial charge is 0.462 e. The van der Waals surface area contributed by atoms with Gasteiger partial charge < -0.3 is 14.2 Å². The molecular formula is C61H100O6. The van der Waals surface area contributed by atoms with Crippen LogP contribution in [-0.4, -0.2) is 37.2 Å². The number of esters is 3. The first-order valence-electron chi connectivity index (χ1n) is 27.4. The predicted octanol–water partition coefficient (Wildman–Crippen LogP) is 18.3. The second-order valence-electron chi connectivity index (χ2n) is 17.8. The van der Waals surface area contributed by atoms with Crippen LogP contribution in [-0.2, 0) is 28.6 Å². The van der Waals surface area contributed by atoms with Gasteiger partial charge >= 0.3 is 17.9 Å². The van der Waals surface area contributed by atoms with Gasteiger partial charge in [0.2, 0.25) is 0 Å². The molecule has 67 heavy (non-hydrogen) atoms. The Morgan fingerprint density at radius 1 is 0.313 bits per heavy atom. The van der Waals surface area contributed by atoms with E-state index in [0.29, 0.717) is 19.3 Å². The number of allylic oxidation sites excluding steroid dienone is 18. The molecule has 0 fully saturated rings. The fourth-order valence-electron chi connectivity index (χ4n) is 7.14. The zero-order valence-corrected chi connectivity index (χ0v) is 43.4. The fraction of sp³-hybridized carbons (Fsp3) is 0.656. The lowest BCUT2D eigenvalue weighted by Gasteiger charge is -2.18. The molecule has 0 aliphatic heterocycles. The predicted molar refractivity (Wildman–Crippen MR) is 288 cm³/mol. The maximum Gasteiger partial charge on any atom is 0.306 e. The molecule has 0 amide bonds. The van der Waals surface area contributed by atoms with Crippen molar-refractivity contribution < 1.29 is 28.6 Å². The van der Waals surface area contributed by atoms with E-state index in [1.165, 1.54) is 51.4 Å². The van der Waals surface area contributed by atoms with Crippen molar-refractivity contribution in [2.45, 2.75) is 245 Å². The highest BCUT2D eigenvalue weighted by Gasteiger charge is 2.19. The lowest BCUT2D eigenvalue weighted by molar-refractivity contribution is -0.167. The Morgan fingerprint density at radius 2 is 0.597 bits per heavy atom. The molecule has 0 saturated heterocycles. The maximum absolute atomic E-state index is 12.8. The van der Waals surface area contributed by atoms with Gasteiger partial charge in [-0.15, -0.1) is 0 Å². The summed E-state index contributed by atoms with van der Waals surface area (Å²) in [6, 6.07) is 0. The summed E-state index contributed by atoms with van der Waals surface area (Å²) in [5.41, 5.74) is 0. The Hall–Kier alpha value is -3.93. The third-order valence-electron chi connectivity index (χ3n) is 11.3. The van der Waals surface area contributed by atoms with Gasteiger partial charge in [-0.25, -0.2) is 0 Å². The number of hydrogen-bond acceptors (Lipinski definition) is 6. The van der Waals surface area contributed by atoms with Crippen molar-refractivity contribution in [1.29, 1.82) is 0 Å². The van der Waals surface area contributed by atoms with E-state index in [1.54, 1.807) is 0 Å². The third-order valence-corrected chi connectivity index (χ3v) is 11.3. The van der Waals surface area contributed by atoms with Crippen molar-refractivity contribution in [1.82, 2.24) is 0 Å². The Balaban J connectivity index is 4.29. The van der Waals surface area contributed by atoms with Gasteiger partial charge in [0.25, 0.3) is 0 Å². The van der Waals surface area contributed by atoms with Gasteiger partial charge in [-0.2, -0.15) is 0 Å². The molecule has 0 spiro atoms. The molecule has 0 bridgehead atoms. The van der Waals surface area contributed by atoms with Gasteiger partial charge in [-0.1, -0.05) is 226 Å². The first kappa shape index (κ1) is 63.1. The summed E-state index contributed by atoms with van der Waals surface area (Å²) >= 11 is 0. The van der Waals surface area contributed by atoms with Crippen molar-refractivity contribution in [3.05, 3.63) is 109 Å².